The van der Waals surface area contributed by atoms with Crippen molar-refractivity contribution in [1.82, 2.24) is 19.6 Å². The van der Waals surface area contributed by atoms with Crippen LogP contribution in [0.15, 0.2) is 36.8 Å². The molecular formula is C13H9F3N4. The molecular weight excluding hydrogens is 269 g/mol. The second kappa shape index (κ2) is 4.29. The summed E-state index contributed by atoms with van der Waals surface area (Å²) in [5, 5.41) is 7.88. The highest BCUT2D eigenvalue weighted by molar-refractivity contribution is 5.76. The highest BCUT2D eigenvalue weighted by Gasteiger charge is 2.30. The average molecular weight is 278 g/mol. The van der Waals surface area contributed by atoms with E-state index < -0.39 is 11.7 Å². The van der Waals surface area contributed by atoms with Crippen LogP contribution in [0.4, 0.5) is 13.2 Å². The largest absolute Gasteiger partial charge is 0.416 e. The topological polar surface area (TPSA) is 43.1 Å². The van der Waals surface area contributed by atoms with E-state index >= 15 is 0 Å². The van der Waals surface area contributed by atoms with Crippen LogP contribution in [0.25, 0.3) is 16.8 Å². The summed E-state index contributed by atoms with van der Waals surface area (Å²) in [7, 11) is 0. The van der Waals surface area contributed by atoms with Crippen molar-refractivity contribution in [2.45, 2.75) is 13.1 Å². The van der Waals surface area contributed by atoms with E-state index in [-0.39, 0.29) is 0 Å². The Morgan fingerprint density at radius 1 is 1.15 bits per heavy atom. The number of halogens is 3. The van der Waals surface area contributed by atoms with Crippen LogP contribution in [0, 0.1) is 6.92 Å². The number of rotatable bonds is 1. The maximum absolute atomic E-state index is 12.8. The Kier molecular flexibility index (Phi) is 2.70. The van der Waals surface area contributed by atoms with Crippen LogP contribution in [-0.4, -0.2) is 19.6 Å². The molecule has 1 aromatic carbocycles. The van der Waals surface area contributed by atoms with Crippen LogP contribution in [0.2, 0.25) is 0 Å². The fraction of sp³-hybridized carbons (Fsp3) is 0.154. The van der Waals surface area contributed by atoms with Crippen molar-refractivity contribution < 1.29 is 13.2 Å². The predicted molar refractivity (Wildman–Crippen MR) is 66.0 cm³/mol. The highest BCUT2D eigenvalue weighted by Crippen LogP contribution is 2.32. The van der Waals surface area contributed by atoms with E-state index in [0.29, 0.717) is 22.6 Å². The summed E-state index contributed by atoms with van der Waals surface area (Å²) in [6.45, 7) is 1.75. The van der Waals surface area contributed by atoms with Gasteiger partial charge in [0.05, 0.1) is 5.56 Å². The van der Waals surface area contributed by atoms with Crippen molar-refractivity contribution in [1.29, 1.82) is 0 Å². The fourth-order valence-electron chi connectivity index (χ4n) is 1.99. The number of fused-ring (bicyclic) bond motifs is 1. The molecule has 0 aliphatic heterocycles. The smallest absolute Gasteiger partial charge is 0.269 e. The zero-order valence-corrected chi connectivity index (χ0v) is 10.4. The molecule has 0 amide bonds. The summed E-state index contributed by atoms with van der Waals surface area (Å²) in [6.07, 6.45) is -1.36. The molecule has 20 heavy (non-hydrogen) atoms. The van der Waals surface area contributed by atoms with Crippen LogP contribution < -0.4 is 0 Å². The van der Waals surface area contributed by atoms with Gasteiger partial charge in [-0.3, -0.25) is 4.40 Å². The molecule has 3 rings (SSSR count). The molecule has 0 spiro atoms. The number of benzene rings is 1. The lowest BCUT2D eigenvalue weighted by molar-refractivity contribution is -0.137. The zero-order chi connectivity index (χ0) is 14.3. The minimum absolute atomic E-state index is 0.408. The van der Waals surface area contributed by atoms with Gasteiger partial charge in [-0.15, -0.1) is 10.2 Å². The third-order valence-corrected chi connectivity index (χ3v) is 2.99. The molecule has 0 saturated carbocycles. The van der Waals surface area contributed by atoms with E-state index in [2.05, 4.69) is 15.2 Å². The molecule has 2 aromatic heterocycles. The van der Waals surface area contributed by atoms with Gasteiger partial charge in [0.1, 0.15) is 12.2 Å². The third kappa shape index (κ3) is 2.01. The first-order valence-corrected chi connectivity index (χ1v) is 5.80. The van der Waals surface area contributed by atoms with Gasteiger partial charge in [0.2, 0.25) is 0 Å². The minimum Gasteiger partial charge on any atom is -0.269 e. The first kappa shape index (κ1) is 12.6. The number of nitrogens with zero attached hydrogens (tertiary/aromatic N) is 4. The van der Waals surface area contributed by atoms with E-state index in [1.807, 2.05) is 0 Å². The normalized spacial score (nSPS) is 12.0. The molecule has 0 saturated heterocycles. The number of alkyl halides is 3. The Balaban J connectivity index is 2.21. The van der Waals surface area contributed by atoms with Gasteiger partial charge in [-0.25, -0.2) is 4.98 Å². The average Bonchev–Trinajstić information content (AvgIpc) is 2.80. The molecule has 0 bridgehead atoms. The lowest BCUT2D eigenvalue weighted by atomic mass is 10.1. The Bertz CT molecular complexity index is 777. The molecule has 3 aromatic rings. The molecule has 4 nitrogen and oxygen atoms in total. The van der Waals surface area contributed by atoms with Gasteiger partial charge < -0.3 is 0 Å². The Hall–Kier alpha value is -2.44. The number of aromatic nitrogens is 4. The summed E-state index contributed by atoms with van der Waals surface area (Å²) in [5.41, 5.74) is 0.703. The molecule has 7 heteroatoms. The van der Waals surface area contributed by atoms with Gasteiger partial charge in [-0.2, -0.15) is 13.2 Å². The quantitative estimate of drug-likeness (QED) is 0.687. The van der Waals surface area contributed by atoms with Crippen molar-refractivity contribution in [2.24, 2.45) is 0 Å². The zero-order valence-electron chi connectivity index (χ0n) is 10.4. The van der Waals surface area contributed by atoms with E-state index in [1.165, 1.54) is 18.6 Å². The standard InChI is InChI=1S/C13H9F3N4/c1-8-18-19-12-11(6-17-7-20(8)12)9-3-2-4-10(5-9)13(14,15)16/h2-7H,1H3. The molecule has 2 heterocycles. The van der Waals surface area contributed by atoms with Crippen molar-refractivity contribution >= 4 is 5.65 Å². The van der Waals surface area contributed by atoms with Crippen molar-refractivity contribution in [3.63, 3.8) is 0 Å². The summed E-state index contributed by atoms with van der Waals surface area (Å²) in [6, 6.07) is 5.08. The molecule has 0 aliphatic rings. The molecule has 0 atom stereocenters. The van der Waals surface area contributed by atoms with Crippen LogP contribution in [0.1, 0.15) is 11.4 Å². The summed E-state index contributed by atoms with van der Waals surface area (Å²) in [4.78, 5) is 4.02. The molecule has 0 fully saturated rings. The van der Waals surface area contributed by atoms with Crippen molar-refractivity contribution in [3.05, 3.63) is 48.2 Å². The SMILES string of the molecule is Cc1nnc2c(-c3cccc(C(F)(F)F)c3)cncn12. The monoisotopic (exact) mass is 278 g/mol. The van der Waals surface area contributed by atoms with E-state index in [9.17, 15) is 13.2 Å². The van der Waals surface area contributed by atoms with Crippen LogP contribution in [-0.2, 0) is 6.18 Å². The van der Waals surface area contributed by atoms with Gasteiger partial charge in [0, 0.05) is 11.8 Å². The Morgan fingerprint density at radius 2 is 1.95 bits per heavy atom. The number of aryl methyl sites for hydroxylation is 1. The lowest BCUT2D eigenvalue weighted by Gasteiger charge is -2.09. The summed E-state index contributed by atoms with van der Waals surface area (Å²) >= 11 is 0. The predicted octanol–water partition coefficient (Wildman–Crippen LogP) is 3.12. The van der Waals surface area contributed by atoms with E-state index in [0.717, 1.165) is 12.1 Å². The maximum Gasteiger partial charge on any atom is 0.416 e. The molecule has 0 aliphatic carbocycles. The van der Waals surface area contributed by atoms with Crippen LogP contribution in [0.5, 0.6) is 0 Å². The van der Waals surface area contributed by atoms with Crippen molar-refractivity contribution in [2.75, 3.05) is 0 Å². The fourth-order valence-corrected chi connectivity index (χ4v) is 1.99. The second-order valence-electron chi connectivity index (χ2n) is 4.33. The summed E-state index contributed by atoms with van der Waals surface area (Å²) < 4.78 is 39.9. The first-order chi connectivity index (χ1) is 9.47. The highest BCUT2D eigenvalue weighted by atomic mass is 19.4. The molecule has 102 valence electrons. The van der Waals surface area contributed by atoms with Gasteiger partial charge >= 0.3 is 6.18 Å². The lowest BCUT2D eigenvalue weighted by Crippen LogP contribution is -2.04. The molecule has 0 N–H and O–H groups in total. The second-order valence-corrected chi connectivity index (χ2v) is 4.33. The van der Waals surface area contributed by atoms with Gasteiger partial charge in [0.15, 0.2) is 5.65 Å². The van der Waals surface area contributed by atoms with Crippen LogP contribution in [0.3, 0.4) is 0 Å². The third-order valence-electron chi connectivity index (χ3n) is 2.99. The summed E-state index contributed by atoms with van der Waals surface area (Å²) in [5.74, 6) is 0.626. The van der Waals surface area contributed by atoms with Gasteiger partial charge in [-0.1, -0.05) is 12.1 Å². The number of hydrogen-bond acceptors (Lipinski definition) is 3. The van der Waals surface area contributed by atoms with Crippen molar-refractivity contribution in [3.8, 4) is 11.1 Å². The van der Waals surface area contributed by atoms with Gasteiger partial charge in [0.25, 0.3) is 0 Å². The maximum atomic E-state index is 12.8. The first-order valence-electron chi connectivity index (χ1n) is 5.80. The molecule has 0 unspecified atom stereocenters. The van der Waals surface area contributed by atoms with E-state index in [4.69, 9.17) is 0 Å². The minimum atomic E-state index is -4.38. The van der Waals surface area contributed by atoms with E-state index in [1.54, 1.807) is 17.4 Å². The van der Waals surface area contributed by atoms with Gasteiger partial charge in [-0.05, 0) is 24.6 Å². The Morgan fingerprint density at radius 3 is 2.70 bits per heavy atom. The number of hydrogen-bond donors (Lipinski definition) is 0. The van der Waals surface area contributed by atoms with Crippen LogP contribution >= 0.6 is 0 Å². The Labute approximate surface area is 111 Å². The molecule has 0 radical (unpaired) electrons.